The van der Waals surface area contributed by atoms with Crippen LogP contribution in [0, 0.1) is 6.92 Å². The van der Waals surface area contributed by atoms with Crippen molar-refractivity contribution < 1.29 is 9.59 Å². The Morgan fingerprint density at radius 2 is 1.61 bits per heavy atom. The van der Waals surface area contributed by atoms with Gasteiger partial charge in [-0.15, -0.1) is 0 Å². The molecule has 0 unspecified atom stereocenters. The van der Waals surface area contributed by atoms with Crippen LogP contribution in [0.15, 0.2) is 65.3 Å². The van der Waals surface area contributed by atoms with Gasteiger partial charge in [0.1, 0.15) is 10.7 Å². The zero-order valence-electron chi connectivity index (χ0n) is 15.8. The fourth-order valence-corrected chi connectivity index (χ4v) is 4.02. The van der Waals surface area contributed by atoms with Gasteiger partial charge in [0.05, 0.1) is 5.69 Å². The fraction of sp³-hybridized carbons (Fsp3) is 0.273. The number of anilines is 1. The Bertz CT molecular complexity index is 934. The lowest BCUT2D eigenvalue weighted by Crippen LogP contribution is -2.47. The second-order valence-corrected chi connectivity index (χ2v) is 7.57. The summed E-state index contributed by atoms with van der Waals surface area (Å²) in [5, 5.41) is 0.0167. The summed E-state index contributed by atoms with van der Waals surface area (Å²) in [6, 6.07) is 17.7. The quantitative estimate of drug-likeness (QED) is 0.746. The summed E-state index contributed by atoms with van der Waals surface area (Å²) in [6.07, 6.45) is 0. The normalized spacial score (nSPS) is 18.4. The molecule has 0 spiro atoms. The number of carbonyl (C=O) groups is 2. The van der Waals surface area contributed by atoms with Crippen LogP contribution in [0.1, 0.15) is 11.1 Å². The van der Waals surface area contributed by atoms with E-state index >= 15 is 0 Å². The first kappa shape index (κ1) is 18.7. The minimum atomic E-state index is -0.445. The number of nitrogens with zero attached hydrogens (tertiary/aromatic N) is 3. The summed E-state index contributed by atoms with van der Waals surface area (Å²) >= 11 is 6.32. The molecular weight excluding hydrogens is 374 g/mol. The predicted octanol–water partition coefficient (Wildman–Crippen LogP) is 3.14. The molecule has 2 aliphatic rings. The molecule has 4 rings (SSSR count). The highest BCUT2D eigenvalue weighted by Crippen LogP contribution is 2.32. The molecular formula is C22H22ClN3O2. The van der Waals surface area contributed by atoms with Crippen molar-refractivity contribution >= 4 is 29.1 Å². The third-order valence-corrected chi connectivity index (χ3v) is 5.54. The van der Waals surface area contributed by atoms with Crippen LogP contribution < -0.4 is 4.90 Å². The van der Waals surface area contributed by atoms with Gasteiger partial charge in [-0.2, -0.15) is 0 Å². The molecule has 2 heterocycles. The van der Waals surface area contributed by atoms with Crippen molar-refractivity contribution in [2.24, 2.45) is 0 Å². The van der Waals surface area contributed by atoms with E-state index in [9.17, 15) is 9.59 Å². The molecule has 6 heteroatoms. The summed E-state index contributed by atoms with van der Waals surface area (Å²) in [7, 11) is 0. The van der Waals surface area contributed by atoms with Crippen LogP contribution in [0.3, 0.4) is 0 Å². The van der Waals surface area contributed by atoms with Gasteiger partial charge in [-0.25, -0.2) is 4.90 Å². The molecule has 0 aliphatic carbocycles. The molecule has 0 radical (unpaired) electrons. The molecule has 0 saturated carbocycles. The highest BCUT2D eigenvalue weighted by Gasteiger charge is 2.41. The summed E-state index contributed by atoms with van der Waals surface area (Å²) in [6.45, 7) is 5.77. The molecule has 28 heavy (non-hydrogen) atoms. The molecule has 0 N–H and O–H groups in total. The summed E-state index contributed by atoms with van der Waals surface area (Å²) < 4.78 is 0. The molecule has 0 aromatic heterocycles. The predicted molar refractivity (Wildman–Crippen MR) is 110 cm³/mol. The number of rotatable bonds is 4. The molecule has 5 nitrogen and oxygen atoms in total. The number of aryl methyl sites for hydroxylation is 1. The van der Waals surface area contributed by atoms with Crippen LogP contribution in [0.25, 0.3) is 0 Å². The Balaban J connectivity index is 1.46. The Hall–Kier alpha value is -2.63. The van der Waals surface area contributed by atoms with E-state index in [1.807, 2.05) is 48.2 Å². The first-order valence-corrected chi connectivity index (χ1v) is 9.79. The Kier molecular flexibility index (Phi) is 5.20. The molecule has 144 valence electrons. The van der Waals surface area contributed by atoms with Gasteiger partial charge in [0, 0.05) is 32.7 Å². The monoisotopic (exact) mass is 395 g/mol. The number of benzene rings is 2. The minimum Gasteiger partial charge on any atom is -0.363 e. The molecule has 1 fully saturated rings. The number of amides is 2. The minimum absolute atomic E-state index is 0.0167. The average molecular weight is 396 g/mol. The first-order chi connectivity index (χ1) is 13.5. The van der Waals surface area contributed by atoms with E-state index in [1.165, 1.54) is 10.5 Å². The van der Waals surface area contributed by atoms with Gasteiger partial charge >= 0.3 is 0 Å². The summed E-state index contributed by atoms with van der Waals surface area (Å²) in [5.41, 5.74) is 3.14. The Labute approximate surface area is 169 Å². The van der Waals surface area contributed by atoms with Gasteiger partial charge in [0.15, 0.2) is 0 Å². The van der Waals surface area contributed by atoms with E-state index in [4.69, 9.17) is 11.6 Å². The van der Waals surface area contributed by atoms with Gasteiger partial charge in [-0.1, -0.05) is 54.1 Å². The number of imide groups is 1. The van der Waals surface area contributed by atoms with Crippen molar-refractivity contribution in [2.45, 2.75) is 13.5 Å². The second kappa shape index (κ2) is 7.78. The zero-order chi connectivity index (χ0) is 19.7. The van der Waals surface area contributed by atoms with Crippen molar-refractivity contribution in [3.63, 3.8) is 0 Å². The molecule has 2 aliphatic heterocycles. The van der Waals surface area contributed by atoms with Gasteiger partial charge in [0.2, 0.25) is 0 Å². The van der Waals surface area contributed by atoms with E-state index < -0.39 is 5.91 Å². The first-order valence-electron chi connectivity index (χ1n) is 9.41. The maximum absolute atomic E-state index is 13.0. The van der Waals surface area contributed by atoms with Crippen LogP contribution in [-0.2, 0) is 16.1 Å². The molecule has 0 atom stereocenters. The summed E-state index contributed by atoms with van der Waals surface area (Å²) in [4.78, 5) is 31.2. The smallest absolute Gasteiger partial charge is 0.283 e. The fourth-order valence-electron chi connectivity index (χ4n) is 3.74. The maximum atomic E-state index is 13.0. The van der Waals surface area contributed by atoms with Gasteiger partial charge in [-0.3, -0.25) is 14.5 Å². The molecule has 2 aromatic rings. The van der Waals surface area contributed by atoms with Crippen molar-refractivity contribution in [3.8, 4) is 0 Å². The van der Waals surface area contributed by atoms with Crippen LogP contribution in [0.4, 0.5) is 5.69 Å². The van der Waals surface area contributed by atoms with Gasteiger partial charge < -0.3 is 4.90 Å². The summed E-state index contributed by atoms with van der Waals surface area (Å²) in [5.74, 6) is -0.781. The van der Waals surface area contributed by atoms with E-state index in [2.05, 4.69) is 17.0 Å². The van der Waals surface area contributed by atoms with E-state index in [0.717, 1.165) is 25.2 Å². The number of piperazine rings is 1. The van der Waals surface area contributed by atoms with Gasteiger partial charge in [0.25, 0.3) is 11.8 Å². The third kappa shape index (κ3) is 3.55. The highest BCUT2D eigenvalue weighted by atomic mass is 35.5. The second-order valence-electron chi connectivity index (χ2n) is 7.20. The number of halogens is 1. The largest absolute Gasteiger partial charge is 0.363 e. The lowest BCUT2D eigenvalue weighted by Gasteiger charge is -2.36. The van der Waals surface area contributed by atoms with Crippen LogP contribution in [0.2, 0.25) is 0 Å². The lowest BCUT2D eigenvalue weighted by atomic mass is 10.2. The van der Waals surface area contributed by atoms with Gasteiger partial charge in [-0.05, 0) is 30.2 Å². The van der Waals surface area contributed by atoms with Crippen LogP contribution in [0.5, 0.6) is 0 Å². The number of carbonyl (C=O) groups excluding carboxylic acids is 2. The molecule has 0 bridgehead atoms. The van der Waals surface area contributed by atoms with Crippen LogP contribution >= 0.6 is 11.6 Å². The van der Waals surface area contributed by atoms with E-state index in [1.54, 1.807) is 6.07 Å². The lowest BCUT2D eigenvalue weighted by molar-refractivity contribution is -0.121. The topological polar surface area (TPSA) is 43.9 Å². The SMILES string of the molecule is Cc1cccc(N2C(=O)C(Cl)=C(N3CCN(Cc4ccccc4)CC3)C2=O)c1. The van der Waals surface area contributed by atoms with Crippen molar-refractivity contribution in [3.05, 3.63) is 76.5 Å². The standard InChI is InChI=1S/C22H22ClN3O2/c1-16-6-5-9-18(14-16)26-21(27)19(23)20(22(26)28)25-12-10-24(11-13-25)15-17-7-3-2-4-8-17/h2-9,14H,10-13,15H2,1H3. The van der Waals surface area contributed by atoms with E-state index in [0.29, 0.717) is 24.5 Å². The third-order valence-electron chi connectivity index (χ3n) is 5.20. The molecule has 2 amide bonds. The van der Waals surface area contributed by atoms with E-state index in [-0.39, 0.29) is 10.9 Å². The van der Waals surface area contributed by atoms with Crippen molar-refractivity contribution in [2.75, 3.05) is 31.1 Å². The van der Waals surface area contributed by atoms with Crippen molar-refractivity contribution in [1.29, 1.82) is 0 Å². The Morgan fingerprint density at radius 3 is 2.29 bits per heavy atom. The highest BCUT2D eigenvalue weighted by molar-refractivity contribution is 6.52. The molecule has 2 aromatic carbocycles. The number of hydrogen-bond acceptors (Lipinski definition) is 4. The average Bonchev–Trinajstić information content (AvgIpc) is 2.92. The molecule has 1 saturated heterocycles. The number of hydrogen-bond donors (Lipinski definition) is 0. The zero-order valence-corrected chi connectivity index (χ0v) is 16.5. The Morgan fingerprint density at radius 1 is 0.893 bits per heavy atom. The van der Waals surface area contributed by atoms with Crippen molar-refractivity contribution in [1.82, 2.24) is 9.80 Å². The maximum Gasteiger partial charge on any atom is 0.283 e. The van der Waals surface area contributed by atoms with Crippen LogP contribution in [-0.4, -0.2) is 47.8 Å².